The van der Waals surface area contributed by atoms with E-state index in [4.69, 9.17) is 0 Å². The molecule has 0 bridgehead atoms. The summed E-state index contributed by atoms with van der Waals surface area (Å²) in [6.07, 6.45) is 7.98. The predicted molar refractivity (Wildman–Crippen MR) is 93.0 cm³/mol. The van der Waals surface area contributed by atoms with Gasteiger partial charge in [0.05, 0.1) is 17.7 Å². The third-order valence-electron chi connectivity index (χ3n) is 4.95. The van der Waals surface area contributed by atoms with Crippen LogP contribution in [0.4, 0.5) is 0 Å². The molecule has 1 saturated carbocycles. The van der Waals surface area contributed by atoms with Crippen LogP contribution >= 0.6 is 0 Å². The Balaban J connectivity index is 1.43. The summed E-state index contributed by atoms with van der Waals surface area (Å²) in [6, 6.07) is 3.49. The van der Waals surface area contributed by atoms with E-state index in [1.54, 1.807) is 12.4 Å². The normalized spacial score (nSPS) is 23.2. The van der Waals surface area contributed by atoms with Crippen molar-refractivity contribution in [3.8, 4) is 0 Å². The first-order valence-electron chi connectivity index (χ1n) is 8.50. The molecule has 1 aliphatic rings. The number of rotatable bonds is 4. The zero-order valence-corrected chi connectivity index (χ0v) is 14.0. The zero-order valence-electron chi connectivity index (χ0n) is 14.0. The van der Waals surface area contributed by atoms with Gasteiger partial charge in [0.2, 0.25) is 0 Å². The fraction of sp³-hybridized carbons (Fsp3) is 0.389. The van der Waals surface area contributed by atoms with Crippen molar-refractivity contribution in [1.29, 1.82) is 0 Å². The largest absolute Gasteiger partial charge is 0.391 e. The van der Waals surface area contributed by atoms with Crippen molar-refractivity contribution in [2.24, 2.45) is 5.92 Å². The van der Waals surface area contributed by atoms with E-state index in [-0.39, 0.29) is 11.9 Å². The second-order valence-corrected chi connectivity index (χ2v) is 6.80. The van der Waals surface area contributed by atoms with Crippen molar-refractivity contribution in [1.82, 2.24) is 25.1 Å². The number of pyridine rings is 1. The number of carbonyl (C=O) groups is 1. The molecule has 3 heterocycles. The molecule has 3 atom stereocenters. The Kier molecular flexibility index (Phi) is 4.01. The van der Waals surface area contributed by atoms with E-state index in [2.05, 4.69) is 20.4 Å². The van der Waals surface area contributed by atoms with Gasteiger partial charge >= 0.3 is 0 Å². The zero-order chi connectivity index (χ0) is 17.4. The number of aromatic amines is 1. The molecular weight excluding hydrogens is 318 g/mol. The molecule has 4 rings (SSSR count). The van der Waals surface area contributed by atoms with Crippen molar-refractivity contribution in [3.05, 3.63) is 48.0 Å². The van der Waals surface area contributed by atoms with Gasteiger partial charge in [-0.2, -0.15) is 5.10 Å². The van der Waals surface area contributed by atoms with Crippen LogP contribution < -0.4 is 5.32 Å². The first-order chi connectivity index (χ1) is 12.1. The molecule has 0 saturated heterocycles. The Bertz CT molecular complexity index is 886. The smallest absolute Gasteiger partial charge is 0.253 e. The van der Waals surface area contributed by atoms with E-state index < -0.39 is 6.10 Å². The second kappa shape index (κ2) is 6.33. The van der Waals surface area contributed by atoms with Gasteiger partial charge in [0.15, 0.2) is 0 Å². The number of aliphatic hydroxyl groups is 1. The summed E-state index contributed by atoms with van der Waals surface area (Å²) in [4.78, 5) is 19.9. The lowest BCUT2D eigenvalue weighted by molar-refractivity contribution is 0.0872. The monoisotopic (exact) mass is 339 g/mol. The van der Waals surface area contributed by atoms with Crippen LogP contribution in [0.2, 0.25) is 0 Å². The van der Waals surface area contributed by atoms with E-state index in [9.17, 15) is 9.90 Å². The average molecular weight is 339 g/mol. The van der Waals surface area contributed by atoms with Gasteiger partial charge in [-0.1, -0.05) is 0 Å². The Labute approximate surface area is 145 Å². The van der Waals surface area contributed by atoms with Crippen molar-refractivity contribution in [2.45, 2.75) is 38.5 Å². The minimum atomic E-state index is -0.532. The molecule has 0 spiro atoms. The van der Waals surface area contributed by atoms with Crippen molar-refractivity contribution in [2.75, 3.05) is 0 Å². The number of carbonyl (C=O) groups excluding carboxylic acids is 1. The summed E-state index contributed by atoms with van der Waals surface area (Å²) in [7, 11) is 0. The van der Waals surface area contributed by atoms with Crippen LogP contribution in [0.25, 0.3) is 11.0 Å². The number of aromatic nitrogens is 4. The van der Waals surface area contributed by atoms with Gasteiger partial charge in [-0.25, -0.2) is 4.98 Å². The van der Waals surface area contributed by atoms with Gasteiger partial charge in [0.1, 0.15) is 5.65 Å². The topological polar surface area (TPSA) is 95.8 Å². The highest BCUT2D eigenvalue weighted by Crippen LogP contribution is 2.28. The lowest BCUT2D eigenvalue weighted by atomic mass is 10.1. The molecule has 7 nitrogen and oxygen atoms in total. The maximum atomic E-state index is 12.6. The number of aryl methyl sites for hydroxylation is 1. The van der Waals surface area contributed by atoms with Gasteiger partial charge in [0, 0.05) is 36.7 Å². The fourth-order valence-electron chi connectivity index (χ4n) is 3.61. The molecule has 1 unspecified atom stereocenters. The molecule has 1 fully saturated rings. The maximum Gasteiger partial charge on any atom is 0.253 e. The van der Waals surface area contributed by atoms with Gasteiger partial charge in [-0.05, 0) is 43.4 Å². The van der Waals surface area contributed by atoms with Crippen LogP contribution in [0.3, 0.4) is 0 Å². The van der Waals surface area contributed by atoms with Gasteiger partial charge in [0.25, 0.3) is 5.91 Å². The number of amides is 1. The molecule has 3 N–H and O–H groups in total. The number of nitrogens with zero attached hydrogens (tertiary/aromatic N) is 3. The number of nitrogens with one attached hydrogen (secondary N) is 2. The first kappa shape index (κ1) is 15.8. The Morgan fingerprint density at radius 3 is 3.16 bits per heavy atom. The molecular formula is C18H21N5O2. The summed E-state index contributed by atoms with van der Waals surface area (Å²) < 4.78 is 1.87. The Hall–Kier alpha value is -2.67. The van der Waals surface area contributed by atoms with E-state index in [0.29, 0.717) is 17.9 Å². The quantitative estimate of drug-likeness (QED) is 0.673. The lowest BCUT2D eigenvalue weighted by Gasteiger charge is -2.16. The minimum Gasteiger partial charge on any atom is -0.391 e. The van der Waals surface area contributed by atoms with Crippen LogP contribution in [0.15, 0.2) is 36.9 Å². The van der Waals surface area contributed by atoms with Crippen LogP contribution in [0.1, 0.15) is 28.8 Å². The molecule has 0 aromatic carbocycles. The highest BCUT2D eigenvalue weighted by Gasteiger charge is 2.34. The molecule has 1 amide bonds. The third kappa shape index (κ3) is 3.15. The minimum absolute atomic E-state index is 0.196. The van der Waals surface area contributed by atoms with E-state index in [1.807, 2.05) is 36.1 Å². The van der Waals surface area contributed by atoms with Gasteiger partial charge in [-0.15, -0.1) is 0 Å². The van der Waals surface area contributed by atoms with Crippen LogP contribution in [0.5, 0.6) is 0 Å². The van der Waals surface area contributed by atoms with Gasteiger partial charge < -0.3 is 15.4 Å². The number of fused-ring (bicyclic) bond motifs is 1. The van der Waals surface area contributed by atoms with E-state index in [0.717, 1.165) is 29.6 Å². The fourth-order valence-corrected chi connectivity index (χ4v) is 3.61. The van der Waals surface area contributed by atoms with Crippen molar-refractivity contribution < 1.29 is 9.90 Å². The summed E-state index contributed by atoms with van der Waals surface area (Å²) in [5, 5.41) is 18.4. The summed E-state index contributed by atoms with van der Waals surface area (Å²) in [6.45, 7) is 2.73. The number of H-pyrrole nitrogens is 1. The standard InChI is InChI=1S/C18H21N5O2/c1-11-8-19-17-14(11)7-13(9-20-17)18(25)22-15-5-12(6-16(15)24)10-23-4-2-3-21-23/h2-4,7-9,12,15-16,24H,5-6,10H2,1H3,(H,19,20)(H,22,25)/t12?,15-,16-/m1/s1. The number of hydrogen-bond donors (Lipinski definition) is 3. The van der Waals surface area contributed by atoms with Crippen LogP contribution in [-0.4, -0.2) is 42.9 Å². The molecule has 0 radical (unpaired) electrons. The number of hydrogen-bond acceptors (Lipinski definition) is 4. The van der Waals surface area contributed by atoms with E-state index in [1.165, 1.54) is 0 Å². The summed E-state index contributed by atoms with van der Waals surface area (Å²) in [5.74, 6) is 0.103. The SMILES string of the molecule is Cc1c[nH]c2ncc(C(=O)N[C@@H]3CC(Cn4cccn4)C[C@H]3O)cc12. The lowest BCUT2D eigenvalue weighted by Crippen LogP contribution is -2.40. The van der Waals surface area contributed by atoms with Gasteiger partial charge in [-0.3, -0.25) is 9.48 Å². The highest BCUT2D eigenvalue weighted by atomic mass is 16.3. The molecule has 7 heteroatoms. The third-order valence-corrected chi connectivity index (χ3v) is 4.95. The van der Waals surface area contributed by atoms with Crippen molar-refractivity contribution in [3.63, 3.8) is 0 Å². The summed E-state index contributed by atoms with van der Waals surface area (Å²) >= 11 is 0. The molecule has 25 heavy (non-hydrogen) atoms. The Morgan fingerprint density at radius 1 is 1.48 bits per heavy atom. The molecule has 3 aromatic rings. The number of aliphatic hydroxyl groups excluding tert-OH is 1. The highest BCUT2D eigenvalue weighted by molar-refractivity contribution is 5.97. The second-order valence-electron chi connectivity index (χ2n) is 6.80. The molecule has 1 aliphatic carbocycles. The Morgan fingerprint density at radius 2 is 2.36 bits per heavy atom. The predicted octanol–water partition coefficient (Wildman–Crippen LogP) is 1.64. The maximum absolute atomic E-state index is 12.6. The average Bonchev–Trinajstić information content (AvgIpc) is 3.31. The molecule has 0 aliphatic heterocycles. The molecule has 130 valence electrons. The van der Waals surface area contributed by atoms with Crippen LogP contribution in [-0.2, 0) is 6.54 Å². The first-order valence-corrected chi connectivity index (χ1v) is 8.50. The van der Waals surface area contributed by atoms with E-state index >= 15 is 0 Å². The molecule has 3 aromatic heterocycles. The summed E-state index contributed by atoms with van der Waals surface area (Å²) in [5.41, 5.74) is 2.34. The van der Waals surface area contributed by atoms with Crippen LogP contribution in [0, 0.1) is 12.8 Å². The van der Waals surface area contributed by atoms with Crippen molar-refractivity contribution >= 4 is 16.9 Å².